The molecule has 0 bridgehead atoms. The maximum Gasteiger partial charge on any atom is 0.227 e. The molecule has 0 spiro atoms. The van der Waals surface area contributed by atoms with Gasteiger partial charge in [0.1, 0.15) is 5.75 Å². The zero-order valence-electron chi connectivity index (χ0n) is 13.8. The van der Waals surface area contributed by atoms with E-state index < -0.39 is 0 Å². The number of carbonyl (C=O) groups excluding carboxylic acids is 1. The number of carbonyl (C=O) groups is 1. The fourth-order valence-corrected chi connectivity index (χ4v) is 2.57. The van der Waals surface area contributed by atoms with Gasteiger partial charge in [0.15, 0.2) is 0 Å². The molecule has 0 heterocycles. The Kier molecular flexibility index (Phi) is 5.12. The molecule has 1 amide bonds. The Labute approximate surface area is 142 Å². The molecule has 3 aromatic carbocycles. The summed E-state index contributed by atoms with van der Waals surface area (Å²) in [5, 5.41) is 5.19. The first-order valence-electron chi connectivity index (χ1n) is 8.25. The number of anilines is 1. The van der Waals surface area contributed by atoms with Crippen molar-refractivity contribution in [3.8, 4) is 5.75 Å². The minimum atomic E-state index is -0.0459. The lowest BCUT2D eigenvalue weighted by molar-refractivity contribution is -0.116. The third-order valence-corrected chi connectivity index (χ3v) is 3.96. The average molecular weight is 319 g/mol. The number of benzene rings is 3. The zero-order chi connectivity index (χ0) is 16.8. The molecule has 24 heavy (non-hydrogen) atoms. The number of rotatable bonds is 6. The number of hydrogen-bond donors (Lipinski definition) is 1. The summed E-state index contributed by atoms with van der Waals surface area (Å²) in [4.78, 5) is 12.0. The summed E-state index contributed by atoms with van der Waals surface area (Å²) in [7, 11) is 0. The van der Waals surface area contributed by atoms with Crippen molar-refractivity contribution in [3.05, 3.63) is 72.3 Å². The van der Waals surface area contributed by atoms with Gasteiger partial charge in [0.25, 0.3) is 0 Å². The molecule has 0 saturated carbocycles. The molecule has 0 atom stereocenters. The molecule has 0 aliphatic heterocycles. The number of fused-ring (bicyclic) bond motifs is 1. The second-order valence-corrected chi connectivity index (χ2v) is 5.71. The molecule has 0 aromatic heterocycles. The van der Waals surface area contributed by atoms with Crippen LogP contribution in [0.2, 0.25) is 0 Å². The van der Waals surface area contributed by atoms with Gasteiger partial charge in [0.05, 0.1) is 13.0 Å². The maximum atomic E-state index is 12.0. The van der Waals surface area contributed by atoms with Crippen molar-refractivity contribution < 1.29 is 9.53 Å². The minimum absolute atomic E-state index is 0.0459. The van der Waals surface area contributed by atoms with E-state index in [1.807, 2.05) is 60.7 Å². The molecule has 0 unspecified atom stereocenters. The van der Waals surface area contributed by atoms with Gasteiger partial charge in [0.2, 0.25) is 5.91 Å². The van der Waals surface area contributed by atoms with Crippen LogP contribution in [0.3, 0.4) is 0 Å². The maximum absolute atomic E-state index is 12.0. The van der Waals surface area contributed by atoms with Crippen LogP contribution in [0.15, 0.2) is 66.7 Å². The number of amides is 1. The number of nitrogens with one attached hydrogen (secondary N) is 1. The van der Waals surface area contributed by atoms with Crippen molar-refractivity contribution in [2.45, 2.75) is 19.8 Å². The first-order valence-corrected chi connectivity index (χ1v) is 8.25. The van der Waals surface area contributed by atoms with E-state index in [1.165, 1.54) is 5.56 Å². The Bertz CT molecular complexity index is 825. The lowest BCUT2D eigenvalue weighted by Gasteiger charge is -2.08. The number of ether oxygens (including phenoxy) is 1. The van der Waals surface area contributed by atoms with Crippen LogP contribution in [0.5, 0.6) is 5.75 Å². The fourth-order valence-electron chi connectivity index (χ4n) is 2.57. The van der Waals surface area contributed by atoms with E-state index in [2.05, 4.69) is 18.3 Å². The molecule has 0 radical (unpaired) electrons. The van der Waals surface area contributed by atoms with E-state index in [0.717, 1.165) is 28.6 Å². The van der Waals surface area contributed by atoms with Gasteiger partial charge in [0, 0.05) is 5.69 Å². The second kappa shape index (κ2) is 7.64. The molecule has 3 nitrogen and oxygen atoms in total. The summed E-state index contributed by atoms with van der Waals surface area (Å²) in [5.41, 5.74) is 2.09. The standard InChI is InChI=1S/C21H21NO2/c1-2-16-7-11-20(12-8-16)24-14-13-21(23)22-19-10-9-17-5-3-4-6-18(17)15-19/h3-12,15H,2,13-14H2,1H3,(H,22,23). The van der Waals surface area contributed by atoms with Crippen molar-refractivity contribution in [3.63, 3.8) is 0 Å². The Morgan fingerprint density at radius 2 is 1.71 bits per heavy atom. The van der Waals surface area contributed by atoms with Gasteiger partial charge >= 0.3 is 0 Å². The third kappa shape index (κ3) is 4.13. The first-order chi connectivity index (χ1) is 11.7. The van der Waals surface area contributed by atoms with Crippen LogP contribution < -0.4 is 10.1 Å². The molecule has 0 aliphatic carbocycles. The Hall–Kier alpha value is -2.81. The predicted molar refractivity (Wildman–Crippen MR) is 98.5 cm³/mol. The summed E-state index contributed by atoms with van der Waals surface area (Å²) in [6.45, 7) is 2.48. The summed E-state index contributed by atoms with van der Waals surface area (Å²) >= 11 is 0. The Morgan fingerprint density at radius 1 is 0.958 bits per heavy atom. The van der Waals surface area contributed by atoms with Gasteiger partial charge in [-0.25, -0.2) is 0 Å². The van der Waals surface area contributed by atoms with Crippen molar-refractivity contribution in [1.82, 2.24) is 0 Å². The highest BCUT2D eigenvalue weighted by molar-refractivity contribution is 5.94. The largest absolute Gasteiger partial charge is 0.493 e. The van der Waals surface area contributed by atoms with E-state index in [9.17, 15) is 4.79 Å². The van der Waals surface area contributed by atoms with Crippen molar-refractivity contribution in [2.24, 2.45) is 0 Å². The van der Waals surface area contributed by atoms with Crippen LogP contribution in [0, 0.1) is 0 Å². The van der Waals surface area contributed by atoms with E-state index in [0.29, 0.717) is 13.0 Å². The monoisotopic (exact) mass is 319 g/mol. The highest BCUT2D eigenvalue weighted by atomic mass is 16.5. The molecule has 0 saturated heterocycles. The van der Waals surface area contributed by atoms with E-state index in [1.54, 1.807) is 0 Å². The summed E-state index contributed by atoms with van der Waals surface area (Å²) < 4.78 is 5.62. The van der Waals surface area contributed by atoms with E-state index in [4.69, 9.17) is 4.74 Å². The molecule has 0 fully saturated rings. The average Bonchev–Trinajstić information content (AvgIpc) is 2.62. The number of hydrogen-bond acceptors (Lipinski definition) is 2. The van der Waals surface area contributed by atoms with Crippen LogP contribution in [0.1, 0.15) is 18.9 Å². The van der Waals surface area contributed by atoms with Crippen LogP contribution in [-0.4, -0.2) is 12.5 Å². The molecule has 1 N–H and O–H groups in total. The molecule has 3 heteroatoms. The van der Waals surface area contributed by atoms with E-state index in [-0.39, 0.29) is 5.91 Å². The van der Waals surface area contributed by atoms with Gasteiger partial charge in [-0.15, -0.1) is 0 Å². The molecule has 0 aliphatic rings. The molecular weight excluding hydrogens is 298 g/mol. The third-order valence-electron chi connectivity index (χ3n) is 3.96. The topological polar surface area (TPSA) is 38.3 Å². The summed E-state index contributed by atoms with van der Waals surface area (Å²) in [6.07, 6.45) is 1.33. The van der Waals surface area contributed by atoms with Gasteiger partial charge < -0.3 is 10.1 Å². The van der Waals surface area contributed by atoms with Gasteiger partial charge in [-0.2, -0.15) is 0 Å². The quantitative estimate of drug-likeness (QED) is 0.708. The van der Waals surface area contributed by atoms with Crippen molar-refractivity contribution >= 4 is 22.4 Å². The Balaban J connectivity index is 1.51. The van der Waals surface area contributed by atoms with Crippen molar-refractivity contribution in [1.29, 1.82) is 0 Å². The minimum Gasteiger partial charge on any atom is -0.493 e. The fraction of sp³-hybridized carbons (Fsp3) is 0.190. The summed E-state index contributed by atoms with van der Waals surface area (Å²) in [5.74, 6) is 0.751. The molecular formula is C21H21NO2. The lowest BCUT2D eigenvalue weighted by Crippen LogP contribution is -2.15. The SMILES string of the molecule is CCc1ccc(OCCC(=O)Nc2ccc3ccccc3c2)cc1. The van der Waals surface area contributed by atoms with Gasteiger partial charge in [-0.3, -0.25) is 4.79 Å². The lowest BCUT2D eigenvalue weighted by atomic mass is 10.1. The summed E-state index contributed by atoms with van der Waals surface area (Å²) in [6, 6.07) is 22.0. The van der Waals surface area contributed by atoms with Gasteiger partial charge in [-0.05, 0) is 47.0 Å². The Morgan fingerprint density at radius 3 is 2.46 bits per heavy atom. The van der Waals surface area contributed by atoms with Crippen LogP contribution in [-0.2, 0) is 11.2 Å². The van der Waals surface area contributed by atoms with Crippen LogP contribution >= 0.6 is 0 Å². The van der Waals surface area contributed by atoms with Crippen LogP contribution in [0.4, 0.5) is 5.69 Å². The highest BCUT2D eigenvalue weighted by Gasteiger charge is 2.04. The molecule has 122 valence electrons. The predicted octanol–water partition coefficient (Wildman–Crippen LogP) is 4.81. The molecule has 3 rings (SSSR count). The normalized spacial score (nSPS) is 10.5. The second-order valence-electron chi connectivity index (χ2n) is 5.71. The van der Waals surface area contributed by atoms with E-state index >= 15 is 0 Å². The first kappa shape index (κ1) is 16.1. The molecule has 3 aromatic rings. The van der Waals surface area contributed by atoms with Crippen LogP contribution in [0.25, 0.3) is 10.8 Å². The van der Waals surface area contributed by atoms with Crippen molar-refractivity contribution in [2.75, 3.05) is 11.9 Å². The smallest absolute Gasteiger partial charge is 0.227 e. The van der Waals surface area contributed by atoms with Gasteiger partial charge in [-0.1, -0.05) is 49.4 Å². The zero-order valence-corrected chi connectivity index (χ0v) is 13.8. The number of aryl methyl sites for hydroxylation is 1. The highest BCUT2D eigenvalue weighted by Crippen LogP contribution is 2.19.